The molecule has 0 spiro atoms. The van der Waals surface area contributed by atoms with Crippen molar-refractivity contribution in [1.82, 2.24) is 0 Å². The molecule has 112 valence electrons. The van der Waals surface area contributed by atoms with Gasteiger partial charge in [-0.15, -0.1) is 0 Å². The molecule has 0 fully saturated rings. The number of benzene rings is 2. The second-order valence-corrected chi connectivity index (χ2v) is 5.09. The number of anilines is 1. The Morgan fingerprint density at radius 1 is 1.14 bits per heavy atom. The Morgan fingerprint density at radius 2 is 1.86 bits per heavy atom. The molecule has 2 aromatic carbocycles. The van der Waals surface area contributed by atoms with E-state index in [1.807, 2.05) is 6.92 Å². The van der Waals surface area contributed by atoms with Crippen LogP contribution >= 0.6 is 11.6 Å². The summed E-state index contributed by atoms with van der Waals surface area (Å²) in [7, 11) is 0. The van der Waals surface area contributed by atoms with Gasteiger partial charge in [0.15, 0.2) is 0 Å². The lowest BCUT2D eigenvalue weighted by Gasteiger charge is -2.13. The number of aromatic hydroxyl groups is 1. The summed E-state index contributed by atoms with van der Waals surface area (Å²) in [6.07, 6.45) is -4.50. The van der Waals surface area contributed by atoms with Crippen LogP contribution in [0.25, 0.3) is 0 Å². The van der Waals surface area contributed by atoms with Crippen LogP contribution in [0.2, 0.25) is 5.02 Å². The number of nitrogens with one attached hydrogen (secondary N) is 1. The molecule has 0 unspecified atom stereocenters. The number of phenolic OH excluding ortho intramolecular Hbond substituents is 1. The van der Waals surface area contributed by atoms with Crippen LogP contribution in [0.1, 0.15) is 16.7 Å². The minimum Gasteiger partial charge on any atom is -0.508 e. The first-order valence-corrected chi connectivity index (χ1v) is 6.54. The van der Waals surface area contributed by atoms with E-state index < -0.39 is 11.7 Å². The predicted octanol–water partition coefficient (Wildman–Crippen LogP) is 4.98. The van der Waals surface area contributed by atoms with E-state index >= 15 is 0 Å². The maximum absolute atomic E-state index is 12.8. The molecule has 0 saturated carbocycles. The zero-order valence-electron chi connectivity index (χ0n) is 11.1. The van der Waals surface area contributed by atoms with E-state index in [4.69, 9.17) is 11.6 Å². The van der Waals surface area contributed by atoms with Crippen molar-refractivity contribution in [3.63, 3.8) is 0 Å². The van der Waals surface area contributed by atoms with Crippen molar-refractivity contribution in [2.75, 3.05) is 5.32 Å². The molecule has 0 aliphatic carbocycles. The molecule has 2 N–H and O–H groups in total. The lowest BCUT2D eigenvalue weighted by molar-refractivity contribution is -0.137. The summed E-state index contributed by atoms with van der Waals surface area (Å²) < 4.78 is 38.3. The normalized spacial score (nSPS) is 11.5. The fraction of sp³-hybridized carbons (Fsp3) is 0.200. The largest absolute Gasteiger partial charge is 0.508 e. The Hall–Kier alpha value is -1.88. The maximum Gasteiger partial charge on any atom is 0.417 e. The van der Waals surface area contributed by atoms with Gasteiger partial charge in [0.2, 0.25) is 0 Å². The number of aryl methyl sites for hydroxylation is 1. The van der Waals surface area contributed by atoms with E-state index in [1.54, 1.807) is 18.2 Å². The highest BCUT2D eigenvalue weighted by Crippen LogP contribution is 2.36. The van der Waals surface area contributed by atoms with Crippen LogP contribution in [0.4, 0.5) is 18.9 Å². The molecule has 2 nitrogen and oxygen atoms in total. The van der Waals surface area contributed by atoms with Gasteiger partial charge >= 0.3 is 6.18 Å². The van der Waals surface area contributed by atoms with Gasteiger partial charge in [0.1, 0.15) is 5.75 Å². The highest BCUT2D eigenvalue weighted by molar-refractivity contribution is 6.31. The van der Waals surface area contributed by atoms with Crippen molar-refractivity contribution in [2.24, 2.45) is 0 Å². The summed E-state index contributed by atoms with van der Waals surface area (Å²) in [6, 6.07) is 8.68. The third-order valence-corrected chi connectivity index (χ3v) is 3.32. The number of alkyl halides is 3. The highest BCUT2D eigenvalue weighted by atomic mass is 35.5. The van der Waals surface area contributed by atoms with Gasteiger partial charge in [-0.2, -0.15) is 13.2 Å². The molecule has 21 heavy (non-hydrogen) atoms. The summed E-state index contributed by atoms with van der Waals surface area (Å²) in [4.78, 5) is 0. The molecule has 0 radical (unpaired) electrons. The van der Waals surface area contributed by atoms with Crippen LogP contribution in [0, 0.1) is 6.92 Å². The van der Waals surface area contributed by atoms with Gasteiger partial charge in [-0.3, -0.25) is 0 Å². The smallest absolute Gasteiger partial charge is 0.417 e. The van der Waals surface area contributed by atoms with E-state index in [-0.39, 0.29) is 23.0 Å². The monoisotopic (exact) mass is 315 g/mol. The second-order valence-electron chi connectivity index (χ2n) is 4.68. The van der Waals surface area contributed by atoms with Crippen molar-refractivity contribution in [3.8, 4) is 5.75 Å². The van der Waals surface area contributed by atoms with E-state index in [2.05, 4.69) is 5.32 Å². The molecule has 0 saturated heterocycles. The lowest BCUT2D eigenvalue weighted by Crippen LogP contribution is -2.07. The Kier molecular flexibility index (Phi) is 4.32. The molecule has 0 aliphatic heterocycles. The molecular weight excluding hydrogens is 303 g/mol. The molecule has 0 heterocycles. The van der Waals surface area contributed by atoms with Gasteiger partial charge in [0.25, 0.3) is 0 Å². The maximum atomic E-state index is 12.8. The average molecular weight is 316 g/mol. The predicted molar refractivity (Wildman–Crippen MR) is 76.6 cm³/mol. The number of rotatable bonds is 3. The highest BCUT2D eigenvalue weighted by Gasteiger charge is 2.33. The van der Waals surface area contributed by atoms with Crippen LogP contribution in [0.3, 0.4) is 0 Å². The lowest BCUT2D eigenvalue weighted by atomic mass is 10.1. The van der Waals surface area contributed by atoms with Gasteiger partial charge in [-0.05, 0) is 31.2 Å². The van der Waals surface area contributed by atoms with Crippen LogP contribution in [-0.2, 0) is 12.7 Å². The SMILES string of the molecule is Cc1ccc(O)c(CNc2ccc(Cl)c(C(F)(F)F)c2)c1. The quantitative estimate of drug-likeness (QED) is 0.836. The van der Waals surface area contributed by atoms with Crippen molar-refractivity contribution in [1.29, 1.82) is 0 Å². The minimum absolute atomic E-state index is 0.0955. The Labute approximate surface area is 125 Å². The van der Waals surface area contributed by atoms with E-state index in [0.717, 1.165) is 11.6 Å². The summed E-state index contributed by atoms with van der Waals surface area (Å²) >= 11 is 5.56. The fourth-order valence-corrected chi connectivity index (χ4v) is 2.13. The summed E-state index contributed by atoms with van der Waals surface area (Å²) in [5.41, 5.74) is 0.963. The first kappa shape index (κ1) is 15.5. The van der Waals surface area contributed by atoms with Crippen molar-refractivity contribution in [2.45, 2.75) is 19.6 Å². The molecular formula is C15H13ClF3NO. The zero-order valence-corrected chi connectivity index (χ0v) is 11.9. The topological polar surface area (TPSA) is 32.3 Å². The van der Waals surface area contributed by atoms with Crippen molar-refractivity contribution < 1.29 is 18.3 Å². The van der Waals surface area contributed by atoms with Gasteiger partial charge in [0.05, 0.1) is 10.6 Å². The fourth-order valence-electron chi connectivity index (χ4n) is 1.91. The van der Waals surface area contributed by atoms with Crippen LogP contribution in [-0.4, -0.2) is 5.11 Å². The third kappa shape index (κ3) is 3.82. The molecule has 0 amide bonds. The van der Waals surface area contributed by atoms with Gasteiger partial charge in [-0.25, -0.2) is 0 Å². The second kappa shape index (κ2) is 5.85. The van der Waals surface area contributed by atoms with Gasteiger partial charge in [0, 0.05) is 17.8 Å². The first-order chi connectivity index (χ1) is 9.77. The number of hydrogen-bond acceptors (Lipinski definition) is 2. The average Bonchev–Trinajstić information content (AvgIpc) is 2.40. The molecule has 2 aromatic rings. The molecule has 0 atom stereocenters. The third-order valence-electron chi connectivity index (χ3n) is 2.99. The van der Waals surface area contributed by atoms with Crippen molar-refractivity contribution >= 4 is 17.3 Å². The molecule has 0 aromatic heterocycles. The summed E-state index contributed by atoms with van der Waals surface area (Å²) in [5, 5.41) is 12.2. The minimum atomic E-state index is -4.50. The number of phenols is 1. The van der Waals surface area contributed by atoms with Crippen LogP contribution in [0.15, 0.2) is 36.4 Å². The van der Waals surface area contributed by atoms with Gasteiger partial charge in [-0.1, -0.05) is 29.3 Å². The Bertz CT molecular complexity index is 656. The molecule has 2 rings (SSSR count). The number of halogens is 4. The summed E-state index contributed by atoms with van der Waals surface area (Å²) in [6.45, 7) is 2.08. The Balaban J connectivity index is 2.19. The Morgan fingerprint density at radius 3 is 2.52 bits per heavy atom. The van der Waals surface area contributed by atoms with Crippen molar-refractivity contribution in [3.05, 3.63) is 58.1 Å². The van der Waals surface area contributed by atoms with Crippen LogP contribution in [0.5, 0.6) is 5.75 Å². The standard InChI is InChI=1S/C15H13ClF3NO/c1-9-2-5-14(21)10(6-9)8-20-11-3-4-13(16)12(7-11)15(17,18)19/h2-7,20-21H,8H2,1H3. The van der Waals surface area contributed by atoms with E-state index in [1.165, 1.54) is 12.1 Å². The summed E-state index contributed by atoms with van der Waals surface area (Å²) in [5.74, 6) is 0.0955. The van der Waals surface area contributed by atoms with E-state index in [0.29, 0.717) is 5.56 Å². The molecule has 0 bridgehead atoms. The van der Waals surface area contributed by atoms with E-state index in [9.17, 15) is 18.3 Å². The number of hydrogen-bond donors (Lipinski definition) is 2. The zero-order chi connectivity index (χ0) is 15.6. The molecule has 0 aliphatic rings. The van der Waals surface area contributed by atoms with Crippen LogP contribution < -0.4 is 5.32 Å². The molecule has 6 heteroatoms. The first-order valence-electron chi connectivity index (χ1n) is 6.16. The van der Waals surface area contributed by atoms with Gasteiger partial charge < -0.3 is 10.4 Å².